The summed E-state index contributed by atoms with van der Waals surface area (Å²) >= 11 is 0. The Morgan fingerprint density at radius 3 is 2.68 bits per heavy atom. The van der Waals surface area contributed by atoms with Gasteiger partial charge in [-0.15, -0.1) is 5.10 Å². The van der Waals surface area contributed by atoms with Crippen LogP contribution in [-0.4, -0.2) is 50.5 Å². The lowest BCUT2D eigenvalue weighted by Gasteiger charge is -2.12. The molecule has 148 valence electrons. The molecule has 0 unspecified atom stereocenters. The molecular formula is C19H24N6O3. The third-order valence-electron chi connectivity index (χ3n) is 4.53. The van der Waals surface area contributed by atoms with Crippen LogP contribution in [0, 0.1) is 0 Å². The van der Waals surface area contributed by atoms with Crippen LogP contribution in [0.1, 0.15) is 44.0 Å². The van der Waals surface area contributed by atoms with E-state index < -0.39 is 12.1 Å². The predicted molar refractivity (Wildman–Crippen MR) is 103 cm³/mol. The first-order valence-electron chi connectivity index (χ1n) is 9.32. The standard InChI is InChI=1S/C19H24N6O3/c1-12(2)16-22-18(24-23-16)21-15(26)9-8-14-17(27)25(19(28)20-14)11-10-13-6-4-3-5-7-13/h3-7,12,14H,8-11H2,1-2H3,(H,20,28)(H2,21,22,23,24,26)/t14-/m1/s1. The molecule has 1 aromatic heterocycles. The number of amides is 4. The van der Waals surface area contributed by atoms with Crippen molar-refractivity contribution >= 4 is 23.8 Å². The summed E-state index contributed by atoms with van der Waals surface area (Å²) in [6.45, 7) is 4.24. The molecule has 9 heteroatoms. The minimum atomic E-state index is -0.688. The zero-order chi connectivity index (χ0) is 20.1. The van der Waals surface area contributed by atoms with Crippen LogP contribution in [0.4, 0.5) is 10.7 Å². The van der Waals surface area contributed by atoms with E-state index in [4.69, 9.17) is 0 Å². The van der Waals surface area contributed by atoms with Gasteiger partial charge in [0.05, 0.1) is 0 Å². The second kappa shape index (κ2) is 8.64. The van der Waals surface area contributed by atoms with Crippen LogP contribution in [0.15, 0.2) is 30.3 Å². The van der Waals surface area contributed by atoms with Gasteiger partial charge in [0.25, 0.3) is 5.91 Å². The van der Waals surface area contributed by atoms with Crippen molar-refractivity contribution in [2.24, 2.45) is 0 Å². The van der Waals surface area contributed by atoms with Gasteiger partial charge in [-0.05, 0) is 18.4 Å². The summed E-state index contributed by atoms with van der Waals surface area (Å²) < 4.78 is 0. The van der Waals surface area contributed by atoms with E-state index in [9.17, 15) is 14.4 Å². The summed E-state index contributed by atoms with van der Waals surface area (Å²) in [4.78, 5) is 42.0. The zero-order valence-corrected chi connectivity index (χ0v) is 15.9. The lowest BCUT2D eigenvalue weighted by Crippen LogP contribution is -2.33. The Labute approximate surface area is 162 Å². The van der Waals surface area contributed by atoms with Crippen LogP contribution >= 0.6 is 0 Å². The summed E-state index contributed by atoms with van der Waals surface area (Å²) in [7, 11) is 0. The SMILES string of the molecule is CC(C)c1nc(NC(=O)CC[C@H]2NC(=O)N(CCc3ccccc3)C2=O)n[nH]1. The Morgan fingerprint density at radius 2 is 2.00 bits per heavy atom. The Morgan fingerprint density at radius 1 is 1.25 bits per heavy atom. The zero-order valence-electron chi connectivity index (χ0n) is 15.9. The van der Waals surface area contributed by atoms with E-state index in [0.29, 0.717) is 18.8 Å². The van der Waals surface area contributed by atoms with Crippen molar-refractivity contribution in [1.29, 1.82) is 0 Å². The van der Waals surface area contributed by atoms with Crippen LogP contribution in [0.2, 0.25) is 0 Å². The second-order valence-corrected chi connectivity index (χ2v) is 7.01. The Bertz CT molecular complexity index is 848. The molecule has 0 saturated carbocycles. The van der Waals surface area contributed by atoms with Crippen molar-refractivity contribution in [2.45, 2.75) is 45.1 Å². The molecule has 0 spiro atoms. The Kier molecular flexibility index (Phi) is 6.03. The lowest BCUT2D eigenvalue weighted by atomic mass is 10.1. The van der Waals surface area contributed by atoms with Crippen molar-refractivity contribution in [3.8, 4) is 0 Å². The number of H-pyrrole nitrogens is 1. The number of imide groups is 1. The van der Waals surface area contributed by atoms with Crippen LogP contribution in [0.25, 0.3) is 0 Å². The smallest absolute Gasteiger partial charge is 0.324 e. The van der Waals surface area contributed by atoms with Gasteiger partial charge in [-0.25, -0.2) is 4.79 Å². The van der Waals surface area contributed by atoms with Gasteiger partial charge in [0, 0.05) is 18.9 Å². The molecule has 4 amide bonds. The molecule has 2 aromatic rings. The maximum atomic E-state index is 12.5. The first kappa shape index (κ1) is 19.5. The van der Waals surface area contributed by atoms with Crippen molar-refractivity contribution in [1.82, 2.24) is 25.4 Å². The number of anilines is 1. The van der Waals surface area contributed by atoms with Crippen LogP contribution in [-0.2, 0) is 16.0 Å². The summed E-state index contributed by atoms with van der Waals surface area (Å²) in [5, 5.41) is 11.9. The molecule has 1 aliphatic heterocycles. The highest BCUT2D eigenvalue weighted by atomic mass is 16.2. The van der Waals surface area contributed by atoms with Gasteiger partial charge in [0.15, 0.2) is 0 Å². The molecule has 28 heavy (non-hydrogen) atoms. The van der Waals surface area contributed by atoms with Gasteiger partial charge in [-0.3, -0.25) is 24.9 Å². The van der Waals surface area contributed by atoms with E-state index in [-0.39, 0.29) is 36.5 Å². The lowest BCUT2D eigenvalue weighted by molar-refractivity contribution is -0.127. The van der Waals surface area contributed by atoms with E-state index >= 15 is 0 Å². The number of urea groups is 1. The van der Waals surface area contributed by atoms with Crippen LogP contribution in [0.3, 0.4) is 0 Å². The van der Waals surface area contributed by atoms with E-state index in [1.807, 2.05) is 44.2 Å². The highest BCUT2D eigenvalue weighted by Gasteiger charge is 2.37. The van der Waals surface area contributed by atoms with Gasteiger partial charge in [0.2, 0.25) is 11.9 Å². The van der Waals surface area contributed by atoms with Crippen LogP contribution in [0.5, 0.6) is 0 Å². The predicted octanol–water partition coefficient (Wildman–Crippen LogP) is 1.81. The van der Waals surface area contributed by atoms with Crippen LogP contribution < -0.4 is 10.6 Å². The second-order valence-electron chi connectivity index (χ2n) is 7.01. The molecule has 1 saturated heterocycles. The fourth-order valence-electron chi connectivity index (χ4n) is 2.92. The minimum absolute atomic E-state index is 0.0781. The molecule has 3 N–H and O–H groups in total. The summed E-state index contributed by atoms with van der Waals surface area (Å²) in [6, 6.07) is 8.55. The van der Waals surface area contributed by atoms with Crippen molar-refractivity contribution in [2.75, 3.05) is 11.9 Å². The fraction of sp³-hybridized carbons (Fsp3) is 0.421. The number of aromatic amines is 1. The molecule has 1 atom stereocenters. The topological polar surface area (TPSA) is 120 Å². The molecular weight excluding hydrogens is 360 g/mol. The number of carbonyl (C=O) groups is 3. The summed E-state index contributed by atoms with van der Waals surface area (Å²) in [5.41, 5.74) is 1.05. The molecule has 1 aromatic carbocycles. The largest absolute Gasteiger partial charge is 0.326 e. The normalized spacial score (nSPS) is 16.5. The molecule has 1 fully saturated rings. The Balaban J connectivity index is 1.47. The number of hydrogen-bond acceptors (Lipinski definition) is 5. The number of nitrogens with zero attached hydrogens (tertiary/aromatic N) is 3. The van der Waals surface area contributed by atoms with Gasteiger partial charge in [-0.1, -0.05) is 44.2 Å². The fourth-order valence-corrected chi connectivity index (χ4v) is 2.92. The average molecular weight is 384 g/mol. The van der Waals surface area contributed by atoms with Crippen molar-refractivity contribution < 1.29 is 14.4 Å². The van der Waals surface area contributed by atoms with E-state index in [2.05, 4.69) is 25.8 Å². The maximum Gasteiger partial charge on any atom is 0.324 e. The van der Waals surface area contributed by atoms with E-state index in [1.54, 1.807) is 0 Å². The third kappa shape index (κ3) is 4.73. The molecule has 0 radical (unpaired) electrons. The molecule has 3 rings (SSSR count). The van der Waals surface area contributed by atoms with E-state index in [1.165, 1.54) is 4.90 Å². The Hall–Kier alpha value is -3.23. The quantitative estimate of drug-likeness (QED) is 0.600. The van der Waals surface area contributed by atoms with Crippen molar-refractivity contribution in [3.63, 3.8) is 0 Å². The number of rotatable bonds is 8. The summed E-state index contributed by atoms with van der Waals surface area (Å²) in [6.07, 6.45) is 0.894. The maximum absolute atomic E-state index is 12.5. The minimum Gasteiger partial charge on any atom is -0.326 e. The molecule has 0 bridgehead atoms. The monoisotopic (exact) mass is 384 g/mol. The number of hydrogen-bond donors (Lipinski definition) is 3. The third-order valence-corrected chi connectivity index (χ3v) is 4.53. The molecule has 9 nitrogen and oxygen atoms in total. The average Bonchev–Trinajstić information content (AvgIpc) is 3.24. The van der Waals surface area contributed by atoms with Gasteiger partial charge >= 0.3 is 6.03 Å². The van der Waals surface area contributed by atoms with Gasteiger partial charge in [-0.2, -0.15) is 4.98 Å². The first-order chi connectivity index (χ1) is 13.4. The molecule has 2 heterocycles. The molecule has 1 aliphatic rings. The highest BCUT2D eigenvalue weighted by Crippen LogP contribution is 2.14. The summed E-state index contributed by atoms with van der Waals surface area (Å²) in [5.74, 6) is 0.460. The van der Waals surface area contributed by atoms with Crippen molar-refractivity contribution in [3.05, 3.63) is 41.7 Å². The molecule has 0 aliphatic carbocycles. The number of nitrogens with one attached hydrogen (secondary N) is 3. The number of aromatic nitrogens is 3. The highest BCUT2D eigenvalue weighted by molar-refractivity contribution is 6.04. The number of benzene rings is 1. The van der Waals surface area contributed by atoms with Gasteiger partial charge < -0.3 is 5.32 Å². The first-order valence-corrected chi connectivity index (χ1v) is 9.32. The van der Waals surface area contributed by atoms with Gasteiger partial charge in [0.1, 0.15) is 11.9 Å². The number of carbonyl (C=O) groups excluding carboxylic acids is 3. The van der Waals surface area contributed by atoms with E-state index in [0.717, 1.165) is 5.56 Å².